The van der Waals surface area contributed by atoms with Crippen LogP contribution in [0, 0.1) is 0 Å². The lowest BCUT2D eigenvalue weighted by Gasteiger charge is -2.03. The molecule has 0 saturated heterocycles. The largest absolute Gasteiger partial charge is 0.478 e. The third kappa shape index (κ3) is 11.1. The van der Waals surface area contributed by atoms with Gasteiger partial charge in [0, 0.05) is 0 Å². The minimum absolute atomic E-state index is 0. The summed E-state index contributed by atoms with van der Waals surface area (Å²) in [5, 5.41) is 0. The van der Waals surface area contributed by atoms with Crippen molar-refractivity contribution < 1.29 is 33.0 Å². The van der Waals surface area contributed by atoms with Gasteiger partial charge in [-0.25, -0.2) is 9.13 Å². The number of phosphoric acid groups is 2. The van der Waals surface area contributed by atoms with Crippen LogP contribution >= 0.6 is 15.6 Å². The summed E-state index contributed by atoms with van der Waals surface area (Å²) in [5.74, 6) is 0. The van der Waals surface area contributed by atoms with Gasteiger partial charge in [-0.15, -0.1) is 0 Å². The second kappa shape index (κ2) is 3.59. The zero-order chi connectivity index (χ0) is 7.71. The highest BCUT2D eigenvalue weighted by Gasteiger charge is 2.27. The minimum Gasteiger partial charge on any atom is -0.302 e. The third-order valence-electron chi connectivity index (χ3n) is 0.213. The zero-order valence-corrected chi connectivity index (χ0v) is 5.70. The van der Waals surface area contributed by atoms with Crippen LogP contribution in [-0.4, -0.2) is 19.6 Å². The highest BCUT2D eigenvalue weighted by molar-refractivity contribution is 7.60. The maximum absolute atomic E-state index is 9.63. The van der Waals surface area contributed by atoms with Crippen molar-refractivity contribution in [2.24, 2.45) is 0 Å². The Labute approximate surface area is 57.1 Å². The van der Waals surface area contributed by atoms with Gasteiger partial charge in [-0.05, 0) is 0 Å². The van der Waals surface area contributed by atoms with Gasteiger partial charge in [-0.1, -0.05) is 7.43 Å². The molecule has 0 heterocycles. The Morgan fingerprint density at radius 1 is 0.900 bits per heavy atom. The fraction of sp³-hybridized carbons (Fsp3) is 1.00. The van der Waals surface area contributed by atoms with Gasteiger partial charge in [-0.2, -0.15) is 4.31 Å². The molecule has 64 valence electrons. The molecule has 0 saturated carbocycles. The second-order valence-electron chi connectivity index (χ2n) is 1.06. The van der Waals surface area contributed by atoms with Gasteiger partial charge >= 0.3 is 15.6 Å². The maximum atomic E-state index is 9.63. The van der Waals surface area contributed by atoms with E-state index in [2.05, 4.69) is 4.31 Å². The Hall–Kier alpha value is 0.260. The molecule has 0 aromatic rings. The van der Waals surface area contributed by atoms with E-state index in [1.54, 1.807) is 0 Å². The quantitative estimate of drug-likeness (QED) is 0.449. The molecule has 7 nitrogen and oxygen atoms in total. The van der Waals surface area contributed by atoms with Gasteiger partial charge in [0.05, 0.1) is 0 Å². The van der Waals surface area contributed by atoms with Crippen molar-refractivity contribution in [1.82, 2.24) is 0 Å². The van der Waals surface area contributed by atoms with Crippen LogP contribution in [0.4, 0.5) is 0 Å². The summed E-state index contributed by atoms with van der Waals surface area (Å²) in [6, 6.07) is 0. The van der Waals surface area contributed by atoms with E-state index < -0.39 is 15.6 Å². The summed E-state index contributed by atoms with van der Waals surface area (Å²) in [6.07, 6.45) is 0. The first-order chi connectivity index (χ1) is 3.71. The van der Waals surface area contributed by atoms with Gasteiger partial charge < -0.3 is 19.6 Å². The van der Waals surface area contributed by atoms with Gasteiger partial charge in [0.1, 0.15) is 0 Å². The molecule has 10 heavy (non-hydrogen) atoms. The molecule has 0 aliphatic heterocycles. The highest BCUT2D eigenvalue weighted by Crippen LogP contribution is 2.53. The van der Waals surface area contributed by atoms with Gasteiger partial charge in [0.15, 0.2) is 0 Å². The van der Waals surface area contributed by atoms with Crippen LogP contribution in [0.3, 0.4) is 0 Å². The first kappa shape index (κ1) is 12.9. The molecule has 0 bridgehead atoms. The molecule has 0 aromatic heterocycles. The molecule has 0 aromatic carbocycles. The van der Waals surface area contributed by atoms with Crippen molar-refractivity contribution in [1.29, 1.82) is 0 Å². The molecule has 0 radical (unpaired) electrons. The van der Waals surface area contributed by atoms with E-state index in [9.17, 15) is 9.13 Å². The fourth-order valence-corrected chi connectivity index (χ4v) is 1.25. The molecule has 4 N–H and O–H groups in total. The average molecular weight is 194 g/mol. The van der Waals surface area contributed by atoms with Gasteiger partial charge in [0.25, 0.3) is 0 Å². The van der Waals surface area contributed by atoms with E-state index in [1.165, 1.54) is 0 Å². The van der Waals surface area contributed by atoms with E-state index in [4.69, 9.17) is 19.6 Å². The summed E-state index contributed by atoms with van der Waals surface area (Å²) in [7, 11) is -10.1. The van der Waals surface area contributed by atoms with Crippen LogP contribution in [0.5, 0.6) is 0 Å². The Morgan fingerprint density at radius 2 is 1.10 bits per heavy atom. The molecule has 0 unspecified atom stereocenters. The van der Waals surface area contributed by atoms with Crippen molar-refractivity contribution >= 4 is 15.6 Å². The molecule has 0 aliphatic rings. The normalized spacial score (nSPS) is 12.4. The summed E-state index contributed by atoms with van der Waals surface area (Å²) in [5.41, 5.74) is 0. The summed E-state index contributed by atoms with van der Waals surface area (Å²) >= 11 is 0. The Morgan fingerprint density at radius 3 is 1.10 bits per heavy atom. The van der Waals surface area contributed by atoms with Crippen molar-refractivity contribution in [3.05, 3.63) is 0 Å². The molecule has 0 amide bonds. The van der Waals surface area contributed by atoms with Crippen molar-refractivity contribution in [3.8, 4) is 0 Å². The fourth-order valence-electron chi connectivity index (χ4n) is 0.139. The predicted molar refractivity (Wildman–Crippen MR) is 31.9 cm³/mol. The molecular formula is CH8O7P2. The van der Waals surface area contributed by atoms with Crippen molar-refractivity contribution in [3.63, 3.8) is 0 Å². The van der Waals surface area contributed by atoms with Crippen molar-refractivity contribution in [2.45, 2.75) is 7.43 Å². The molecule has 0 aliphatic carbocycles. The average Bonchev–Trinajstić information content (AvgIpc) is 1.14. The molecule has 0 spiro atoms. The lowest BCUT2D eigenvalue weighted by molar-refractivity contribution is 0.225. The third-order valence-corrected chi connectivity index (χ3v) is 1.91. The Balaban J connectivity index is 0. The predicted octanol–water partition coefficient (Wildman–Crippen LogP) is -0.176. The Kier molecular flexibility index (Phi) is 4.63. The maximum Gasteiger partial charge on any atom is 0.478 e. The van der Waals surface area contributed by atoms with Crippen LogP contribution in [0.15, 0.2) is 0 Å². The first-order valence-corrected chi connectivity index (χ1v) is 4.59. The lowest BCUT2D eigenvalue weighted by atomic mass is 12.0. The number of hydrogen-bond donors (Lipinski definition) is 4. The van der Waals surface area contributed by atoms with Crippen LogP contribution in [0.25, 0.3) is 0 Å². The lowest BCUT2D eigenvalue weighted by Crippen LogP contribution is -1.84. The molecule has 0 atom stereocenters. The zero-order valence-electron chi connectivity index (χ0n) is 3.91. The van der Waals surface area contributed by atoms with E-state index in [1.807, 2.05) is 0 Å². The monoisotopic (exact) mass is 194 g/mol. The van der Waals surface area contributed by atoms with Gasteiger partial charge in [-0.3, -0.25) is 0 Å². The molecular weight excluding hydrogens is 186 g/mol. The van der Waals surface area contributed by atoms with Crippen LogP contribution in [-0.2, 0) is 13.4 Å². The van der Waals surface area contributed by atoms with Gasteiger partial charge in [0.2, 0.25) is 0 Å². The van der Waals surface area contributed by atoms with Crippen LogP contribution in [0.1, 0.15) is 7.43 Å². The van der Waals surface area contributed by atoms with E-state index in [0.717, 1.165) is 0 Å². The topological polar surface area (TPSA) is 124 Å². The van der Waals surface area contributed by atoms with E-state index in [0.29, 0.717) is 0 Å². The second-order valence-corrected chi connectivity index (χ2v) is 3.68. The SMILES string of the molecule is C.O=P(O)(O)OP(=O)(O)O. The summed E-state index contributed by atoms with van der Waals surface area (Å²) in [6.45, 7) is 0. The number of rotatable bonds is 2. The summed E-state index contributed by atoms with van der Waals surface area (Å²) < 4.78 is 22.2. The first-order valence-electron chi connectivity index (χ1n) is 1.53. The molecule has 9 heteroatoms. The minimum atomic E-state index is -5.05. The van der Waals surface area contributed by atoms with E-state index in [-0.39, 0.29) is 7.43 Å². The van der Waals surface area contributed by atoms with Crippen LogP contribution in [0.2, 0.25) is 0 Å². The number of hydrogen-bond acceptors (Lipinski definition) is 3. The highest BCUT2D eigenvalue weighted by atomic mass is 31.3. The smallest absolute Gasteiger partial charge is 0.302 e. The molecule has 0 fully saturated rings. The van der Waals surface area contributed by atoms with Crippen LogP contribution < -0.4 is 0 Å². The summed E-state index contributed by atoms with van der Waals surface area (Å²) in [4.78, 5) is 31.0. The van der Waals surface area contributed by atoms with E-state index >= 15 is 0 Å². The molecule has 0 rings (SSSR count). The standard InChI is InChI=1S/CH4.H4O7P2/c;1-8(2,3)7-9(4,5)6/h1H4;(H2,1,2,3)(H2,4,5,6). The van der Waals surface area contributed by atoms with Crippen molar-refractivity contribution in [2.75, 3.05) is 0 Å². The Bertz CT molecular complexity index is 152.